The maximum Gasteiger partial charge on any atom is 0.226 e. The molecule has 1 spiro atoms. The summed E-state index contributed by atoms with van der Waals surface area (Å²) in [6, 6.07) is 9.52. The number of hydrogen-bond donors (Lipinski definition) is 2. The number of piperidine rings is 1. The van der Waals surface area contributed by atoms with Gasteiger partial charge in [0.05, 0.1) is 29.5 Å². The van der Waals surface area contributed by atoms with E-state index in [2.05, 4.69) is 15.2 Å². The first-order valence-corrected chi connectivity index (χ1v) is 10.2. The van der Waals surface area contributed by atoms with Gasteiger partial charge in [-0.1, -0.05) is 18.2 Å². The van der Waals surface area contributed by atoms with E-state index in [1.165, 1.54) is 6.92 Å². The van der Waals surface area contributed by atoms with Gasteiger partial charge in [-0.15, -0.1) is 0 Å². The summed E-state index contributed by atoms with van der Waals surface area (Å²) >= 11 is 0. The minimum Gasteiger partial charge on any atom is -0.444 e. The molecule has 2 aliphatic heterocycles. The molecule has 0 radical (unpaired) electrons. The number of rotatable bonds is 4. The minimum absolute atomic E-state index is 0.146. The summed E-state index contributed by atoms with van der Waals surface area (Å²) in [4.78, 5) is 18.3. The number of nitrogens with zero attached hydrogens (tertiary/aromatic N) is 2. The number of carbonyl (C=O) groups excluding carboxylic acids is 1. The van der Waals surface area contributed by atoms with Crippen LogP contribution in [0, 0.1) is 0 Å². The van der Waals surface area contributed by atoms with Crippen molar-refractivity contribution >= 4 is 5.91 Å². The first-order chi connectivity index (χ1) is 13.9. The van der Waals surface area contributed by atoms with Gasteiger partial charge in [0, 0.05) is 38.5 Å². The zero-order chi connectivity index (χ0) is 20.5. The predicted molar refractivity (Wildman–Crippen MR) is 108 cm³/mol. The number of carbonyl (C=O) groups is 1. The molecule has 2 saturated heterocycles. The summed E-state index contributed by atoms with van der Waals surface area (Å²) in [6.07, 6.45) is 3.95. The molecule has 156 valence electrons. The molecule has 7 heteroatoms. The molecule has 1 aromatic heterocycles. The Kier molecular flexibility index (Phi) is 5.46. The lowest BCUT2D eigenvalue weighted by atomic mass is 9.75. The van der Waals surface area contributed by atoms with Crippen LogP contribution in [0.4, 0.5) is 0 Å². The number of amides is 1. The fraction of sp³-hybridized carbons (Fsp3) is 0.545. The van der Waals surface area contributed by atoms with E-state index in [-0.39, 0.29) is 17.6 Å². The highest BCUT2D eigenvalue weighted by molar-refractivity contribution is 5.73. The van der Waals surface area contributed by atoms with E-state index in [1.54, 1.807) is 13.2 Å². The smallest absolute Gasteiger partial charge is 0.226 e. The van der Waals surface area contributed by atoms with Gasteiger partial charge in [0.25, 0.3) is 0 Å². The summed E-state index contributed by atoms with van der Waals surface area (Å²) in [5, 5.41) is 13.7. The Morgan fingerprint density at radius 2 is 2.03 bits per heavy atom. The number of hydrogen-bond acceptors (Lipinski definition) is 6. The van der Waals surface area contributed by atoms with E-state index in [4.69, 9.17) is 9.15 Å². The second kappa shape index (κ2) is 7.89. The van der Waals surface area contributed by atoms with Crippen molar-refractivity contribution in [1.29, 1.82) is 0 Å². The lowest BCUT2D eigenvalue weighted by Gasteiger charge is -2.51. The molecular formula is C22H29N3O4. The van der Waals surface area contributed by atoms with Crippen LogP contribution >= 0.6 is 0 Å². The van der Waals surface area contributed by atoms with Gasteiger partial charge in [-0.3, -0.25) is 9.69 Å². The predicted octanol–water partition coefficient (Wildman–Crippen LogP) is 2.35. The van der Waals surface area contributed by atoms with Crippen molar-refractivity contribution in [3.05, 3.63) is 42.3 Å². The number of oxazole rings is 1. The molecule has 4 rings (SSSR count). The maximum atomic E-state index is 11.4. The molecular weight excluding hydrogens is 370 g/mol. The van der Waals surface area contributed by atoms with Crippen molar-refractivity contribution in [3.8, 4) is 11.5 Å². The standard InChI is InChI=1S/C22H29N3O4/c1-16(26)23-19-14-29-22(15-21(19,2)27)8-10-25(11-9-22)12-18-13-28-20(24-18)17-6-4-3-5-7-17/h3-7,13,19,27H,8-12,14-15H2,1-2H3,(H,23,26)/t19-,21-/m0/s1. The zero-order valence-corrected chi connectivity index (χ0v) is 17.1. The largest absolute Gasteiger partial charge is 0.444 e. The van der Waals surface area contributed by atoms with Crippen LogP contribution < -0.4 is 5.32 Å². The highest BCUT2D eigenvalue weighted by Crippen LogP contribution is 2.39. The normalized spacial score (nSPS) is 27.1. The molecule has 3 heterocycles. The molecule has 0 aliphatic carbocycles. The Morgan fingerprint density at radius 1 is 1.31 bits per heavy atom. The zero-order valence-electron chi connectivity index (χ0n) is 17.1. The molecule has 1 aromatic carbocycles. The third-order valence-electron chi connectivity index (χ3n) is 6.09. The van der Waals surface area contributed by atoms with Crippen LogP contribution in [0.25, 0.3) is 11.5 Å². The van der Waals surface area contributed by atoms with Crippen molar-refractivity contribution in [2.24, 2.45) is 0 Å². The average Bonchev–Trinajstić information content (AvgIpc) is 3.15. The molecule has 0 unspecified atom stereocenters. The first-order valence-electron chi connectivity index (χ1n) is 10.2. The Hall–Kier alpha value is -2.22. The van der Waals surface area contributed by atoms with Crippen molar-refractivity contribution in [2.45, 2.75) is 56.9 Å². The third kappa shape index (κ3) is 4.52. The van der Waals surface area contributed by atoms with Crippen LogP contribution in [-0.4, -0.2) is 57.8 Å². The van der Waals surface area contributed by atoms with Gasteiger partial charge in [-0.05, 0) is 31.9 Å². The van der Waals surface area contributed by atoms with Gasteiger partial charge in [0.2, 0.25) is 11.8 Å². The van der Waals surface area contributed by atoms with Crippen LogP contribution in [0.5, 0.6) is 0 Å². The molecule has 2 aliphatic rings. The van der Waals surface area contributed by atoms with Gasteiger partial charge >= 0.3 is 0 Å². The summed E-state index contributed by atoms with van der Waals surface area (Å²) in [7, 11) is 0. The Bertz CT molecular complexity index is 841. The van der Waals surface area contributed by atoms with Crippen LogP contribution in [0.2, 0.25) is 0 Å². The summed E-state index contributed by atoms with van der Waals surface area (Å²) in [6.45, 7) is 6.08. The summed E-state index contributed by atoms with van der Waals surface area (Å²) < 4.78 is 11.8. The van der Waals surface area contributed by atoms with E-state index in [0.29, 0.717) is 18.9 Å². The molecule has 2 atom stereocenters. The number of likely N-dealkylation sites (tertiary alicyclic amines) is 1. The Labute approximate surface area is 171 Å². The summed E-state index contributed by atoms with van der Waals surface area (Å²) in [5.41, 5.74) is 0.599. The van der Waals surface area contributed by atoms with Crippen LogP contribution in [0.1, 0.15) is 38.8 Å². The number of ether oxygens (including phenoxy) is 1. The lowest BCUT2D eigenvalue weighted by Crippen LogP contribution is -2.63. The first kappa shape index (κ1) is 20.1. The number of nitrogens with one attached hydrogen (secondary N) is 1. The molecule has 0 saturated carbocycles. The van der Waals surface area contributed by atoms with Gasteiger partial charge in [0.1, 0.15) is 6.26 Å². The number of aromatic nitrogens is 1. The summed E-state index contributed by atoms with van der Waals surface area (Å²) in [5.74, 6) is 0.497. The highest BCUT2D eigenvalue weighted by atomic mass is 16.5. The van der Waals surface area contributed by atoms with E-state index in [1.807, 2.05) is 30.3 Å². The third-order valence-corrected chi connectivity index (χ3v) is 6.09. The second-order valence-corrected chi connectivity index (χ2v) is 8.57. The van der Waals surface area contributed by atoms with Crippen molar-refractivity contribution in [2.75, 3.05) is 19.7 Å². The fourth-order valence-corrected chi connectivity index (χ4v) is 4.47. The van der Waals surface area contributed by atoms with Gasteiger partial charge in [-0.2, -0.15) is 0 Å². The van der Waals surface area contributed by atoms with Gasteiger partial charge in [-0.25, -0.2) is 4.98 Å². The molecule has 2 aromatic rings. The average molecular weight is 399 g/mol. The molecule has 2 fully saturated rings. The van der Waals surface area contributed by atoms with Crippen molar-refractivity contribution < 1.29 is 19.1 Å². The van der Waals surface area contributed by atoms with Crippen molar-refractivity contribution in [3.63, 3.8) is 0 Å². The topological polar surface area (TPSA) is 87.8 Å². The quantitative estimate of drug-likeness (QED) is 0.821. The molecule has 29 heavy (non-hydrogen) atoms. The molecule has 1 amide bonds. The highest BCUT2D eigenvalue weighted by Gasteiger charge is 2.49. The van der Waals surface area contributed by atoms with E-state index >= 15 is 0 Å². The molecule has 7 nitrogen and oxygen atoms in total. The monoisotopic (exact) mass is 399 g/mol. The minimum atomic E-state index is -0.969. The second-order valence-electron chi connectivity index (χ2n) is 8.57. The van der Waals surface area contributed by atoms with Gasteiger partial charge < -0.3 is 19.6 Å². The van der Waals surface area contributed by atoms with E-state index < -0.39 is 5.60 Å². The van der Waals surface area contributed by atoms with Crippen LogP contribution in [-0.2, 0) is 16.1 Å². The maximum absolute atomic E-state index is 11.4. The number of aliphatic hydroxyl groups is 1. The molecule has 0 bridgehead atoms. The number of benzene rings is 1. The molecule has 2 N–H and O–H groups in total. The van der Waals surface area contributed by atoms with E-state index in [0.717, 1.165) is 43.7 Å². The van der Waals surface area contributed by atoms with E-state index in [9.17, 15) is 9.90 Å². The Balaban J connectivity index is 1.33. The van der Waals surface area contributed by atoms with Crippen molar-refractivity contribution in [1.82, 2.24) is 15.2 Å². The SMILES string of the molecule is CC(=O)N[C@H]1COC2(CCN(Cc3coc(-c4ccccc4)n3)CC2)C[C@]1(C)O. The fourth-order valence-electron chi connectivity index (χ4n) is 4.47. The van der Waals surface area contributed by atoms with Crippen LogP contribution in [0.3, 0.4) is 0 Å². The lowest BCUT2D eigenvalue weighted by molar-refractivity contribution is -0.189. The van der Waals surface area contributed by atoms with Gasteiger partial charge in [0.15, 0.2) is 0 Å². The van der Waals surface area contributed by atoms with Crippen LogP contribution in [0.15, 0.2) is 41.0 Å². The Morgan fingerprint density at radius 3 is 2.69 bits per heavy atom.